The highest BCUT2D eigenvalue weighted by Gasteiger charge is 2.27. The molecular weight excluding hydrogens is 448 g/mol. The summed E-state index contributed by atoms with van der Waals surface area (Å²) in [6.07, 6.45) is 4.55. The van der Waals surface area contributed by atoms with Crippen molar-refractivity contribution in [3.05, 3.63) is 101 Å². The number of carbonyl (C=O) groups excluding carboxylic acids is 2. The van der Waals surface area contributed by atoms with Crippen LogP contribution in [0.1, 0.15) is 57.5 Å². The second-order valence-corrected chi connectivity index (χ2v) is 9.66. The molecule has 1 atom stereocenters. The van der Waals surface area contributed by atoms with E-state index in [1.165, 1.54) is 0 Å². The van der Waals surface area contributed by atoms with Crippen molar-refractivity contribution in [2.75, 3.05) is 26.7 Å². The minimum atomic E-state index is -0.177. The Morgan fingerprint density at radius 2 is 1.61 bits per heavy atom. The summed E-state index contributed by atoms with van der Waals surface area (Å²) in [5.74, 6) is 0.557. The quantitative estimate of drug-likeness (QED) is 0.474. The van der Waals surface area contributed by atoms with E-state index in [0.29, 0.717) is 43.0 Å². The maximum absolute atomic E-state index is 13.8. The van der Waals surface area contributed by atoms with E-state index in [1.54, 1.807) is 4.90 Å². The van der Waals surface area contributed by atoms with Gasteiger partial charge in [-0.05, 0) is 56.0 Å². The summed E-state index contributed by atoms with van der Waals surface area (Å²) in [6.45, 7) is 3.69. The first-order valence-corrected chi connectivity index (χ1v) is 12.9. The molecule has 0 aromatic heterocycles. The highest BCUT2D eigenvalue weighted by atomic mass is 16.5. The zero-order valence-corrected chi connectivity index (χ0v) is 21.4. The third kappa shape index (κ3) is 6.54. The zero-order chi connectivity index (χ0) is 25.3. The van der Waals surface area contributed by atoms with E-state index in [4.69, 9.17) is 4.74 Å². The monoisotopic (exact) mass is 484 g/mol. The zero-order valence-electron chi connectivity index (χ0n) is 21.4. The molecule has 0 unspecified atom stereocenters. The van der Waals surface area contributed by atoms with E-state index in [9.17, 15) is 9.59 Å². The van der Waals surface area contributed by atoms with Crippen LogP contribution in [-0.2, 0) is 6.42 Å². The van der Waals surface area contributed by atoms with E-state index in [1.807, 2.05) is 85.6 Å². The number of fused-ring (bicyclic) bond motifs is 1. The van der Waals surface area contributed by atoms with Gasteiger partial charge in [-0.2, -0.15) is 0 Å². The molecule has 2 amide bonds. The fourth-order valence-corrected chi connectivity index (χ4v) is 4.79. The number of nitrogens with zero attached hydrogens (tertiary/aromatic N) is 2. The van der Waals surface area contributed by atoms with Gasteiger partial charge in [0.1, 0.15) is 12.4 Å². The molecule has 5 heteroatoms. The lowest BCUT2D eigenvalue weighted by Crippen LogP contribution is -2.45. The lowest BCUT2D eigenvalue weighted by Gasteiger charge is -2.33. The lowest BCUT2D eigenvalue weighted by atomic mass is 10.0. The molecule has 0 bridgehead atoms. The summed E-state index contributed by atoms with van der Waals surface area (Å²) in [5.41, 5.74) is 3.48. The molecule has 0 aliphatic carbocycles. The maximum atomic E-state index is 13.8. The van der Waals surface area contributed by atoms with Gasteiger partial charge in [-0.1, -0.05) is 73.0 Å². The van der Waals surface area contributed by atoms with Crippen molar-refractivity contribution < 1.29 is 14.3 Å². The molecule has 188 valence electrons. The van der Waals surface area contributed by atoms with E-state index in [0.717, 1.165) is 36.8 Å². The van der Waals surface area contributed by atoms with Crippen LogP contribution in [0.2, 0.25) is 0 Å². The lowest BCUT2D eigenvalue weighted by molar-refractivity contribution is 0.0599. The Labute approximate surface area is 214 Å². The van der Waals surface area contributed by atoms with Gasteiger partial charge < -0.3 is 14.5 Å². The predicted octanol–water partition coefficient (Wildman–Crippen LogP) is 5.77. The van der Waals surface area contributed by atoms with Gasteiger partial charge in [0.2, 0.25) is 0 Å². The number of rotatable bonds is 3. The van der Waals surface area contributed by atoms with Crippen LogP contribution < -0.4 is 4.74 Å². The molecule has 0 saturated carbocycles. The largest absolute Gasteiger partial charge is 0.491 e. The summed E-state index contributed by atoms with van der Waals surface area (Å²) < 4.78 is 6.33. The Bertz CT molecular complexity index is 1160. The molecule has 5 nitrogen and oxygen atoms in total. The summed E-state index contributed by atoms with van der Waals surface area (Å²) in [5, 5.41) is 0. The molecular formula is C31H36N2O3. The standard InChI is InChI=1S/C31H36N2O3/c1-24-13-12-16-26(21-24)30(34)33-20-11-4-3-10-19-32(2)31(35)28-17-8-9-18-29(28)36-23-27(33)22-25-14-6-5-7-15-25/h5-9,12-18,21,27H,3-4,10-11,19-20,22-23H2,1-2H3/t27-/m0/s1. The van der Waals surface area contributed by atoms with Crippen LogP contribution in [0, 0.1) is 6.92 Å². The van der Waals surface area contributed by atoms with Crippen molar-refractivity contribution in [1.29, 1.82) is 0 Å². The number of hydrogen-bond donors (Lipinski definition) is 0. The van der Waals surface area contributed by atoms with Gasteiger partial charge in [-0.25, -0.2) is 0 Å². The minimum Gasteiger partial charge on any atom is -0.491 e. The van der Waals surface area contributed by atoms with Gasteiger partial charge in [0.25, 0.3) is 11.8 Å². The Kier molecular flexibility index (Phi) is 8.77. The van der Waals surface area contributed by atoms with Gasteiger partial charge >= 0.3 is 0 Å². The molecule has 0 saturated heterocycles. The van der Waals surface area contributed by atoms with Crippen molar-refractivity contribution >= 4 is 11.8 Å². The average Bonchev–Trinajstić information content (AvgIpc) is 2.90. The maximum Gasteiger partial charge on any atom is 0.257 e. The number of amides is 2. The van der Waals surface area contributed by atoms with Crippen molar-refractivity contribution in [3.63, 3.8) is 0 Å². The third-order valence-corrected chi connectivity index (χ3v) is 6.82. The molecule has 3 aromatic carbocycles. The number of aryl methyl sites for hydroxylation is 1. The highest BCUT2D eigenvalue weighted by molar-refractivity contribution is 5.97. The van der Waals surface area contributed by atoms with Crippen molar-refractivity contribution in [3.8, 4) is 5.75 Å². The number of hydrogen-bond acceptors (Lipinski definition) is 3. The van der Waals surface area contributed by atoms with E-state index in [2.05, 4.69) is 12.1 Å². The summed E-state index contributed by atoms with van der Waals surface area (Å²) in [4.78, 5) is 30.8. The number of carbonyl (C=O) groups is 2. The van der Waals surface area contributed by atoms with Gasteiger partial charge in [-0.3, -0.25) is 9.59 Å². The second kappa shape index (κ2) is 12.4. The van der Waals surface area contributed by atoms with Gasteiger partial charge in [-0.15, -0.1) is 0 Å². The molecule has 36 heavy (non-hydrogen) atoms. The molecule has 0 fully saturated rings. The van der Waals surface area contributed by atoms with Gasteiger partial charge in [0.15, 0.2) is 0 Å². The summed E-state index contributed by atoms with van der Waals surface area (Å²) in [7, 11) is 1.85. The topological polar surface area (TPSA) is 49.9 Å². The van der Waals surface area contributed by atoms with Crippen LogP contribution in [0.15, 0.2) is 78.9 Å². The molecule has 0 radical (unpaired) electrons. The van der Waals surface area contributed by atoms with Crippen LogP contribution in [0.4, 0.5) is 0 Å². The van der Waals surface area contributed by atoms with Crippen molar-refractivity contribution in [2.24, 2.45) is 0 Å². The predicted molar refractivity (Wildman–Crippen MR) is 144 cm³/mol. The van der Waals surface area contributed by atoms with E-state index < -0.39 is 0 Å². The molecule has 1 aliphatic rings. The van der Waals surface area contributed by atoms with Gasteiger partial charge in [0, 0.05) is 25.7 Å². The Morgan fingerprint density at radius 1 is 0.889 bits per heavy atom. The minimum absolute atomic E-state index is 0.0272. The van der Waals surface area contributed by atoms with E-state index in [-0.39, 0.29) is 17.9 Å². The molecule has 1 aliphatic heterocycles. The van der Waals surface area contributed by atoms with E-state index >= 15 is 0 Å². The SMILES string of the molecule is Cc1cccc(C(=O)N2CCCCCCN(C)C(=O)c3ccccc3OC[C@@H]2Cc2ccccc2)c1. The second-order valence-electron chi connectivity index (χ2n) is 9.66. The van der Waals surface area contributed by atoms with Crippen molar-refractivity contribution in [1.82, 2.24) is 9.80 Å². The highest BCUT2D eigenvalue weighted by Crippen LogP contribution is 2.23. The van der Waals surface area contributed by atoms with Crippen LogP contribution >= 0.6 is 0 Å². The fourth-order valence-electron chi connectivity index (χ4n) is 4.79. The Morgan fingerprint density at radius 3 is 2.39 bits per heavy atom. The Balaban J connectivity index is 1.69. The van der Waals surface area contributed by atoms with Crippen LogP contribution in [0.3, 0.4) is 0 Å². The summed E-state index contributed by atoms with van der Waals surface area (Å²) >= 11 is 0. The van der Waals surface area contributed by atoms with Gasteiger partial charge in [0.05, 0.1) is 11.6 Å². The molecule has 4 rings (SSSR count). The van der Waals surface area contributed by atoms with Crippen molar-refractivity contribution in [2.45, 2.75) is 45.1 Å². The fraction of sp³-hybridized carbons (Fsp3) is 0.355. The first-order valence-electron chi connectivity index (χ1n) is 12.9. The first-order chi connectivity index (χ1) is 17.5. The van der Waals surface area contributed by atoms with Crippen LogP contribution in [0.25, 0.3) is 0 Å². The molecule has 0 N–H and O–H groups in total. The Hall–Kier alpha value is -3.60. The van der Waals surface area contributed by atoms with Crippen LogP contribution in [0.5, 0.6) is 5.75 Å². The number of para-hydroxylation sites is 1. The normalized spacial score (nSPS) is 17.6. The molecule has 1 heterocycles. The first kappa shape index (κ1) is 25.5. The number of benzene rings is 3. The molecule has 0 spiro atoms. The third-order valence-electron chi connectivity index (χ3n) is 6.82. The average molecular weight is 485 g/mol. The number of ether oxygens (including phenoxy) is 1. The molecule has 3 aromatic rings. The van der Waals surface area contributed by atoms with Crippen LogP contribution in [-0.4, -0.2) is 54.4 Å². The summed E-state index contributed by atoms with van der Waals surface area (Å²) in [6, 6.07) is 25.3. The smallest absolute Gasteiger partial charge is 0.257 e.